The van der Waals surface area contributed by atoms with Crippen molar-refractivity contribution in [3.8, 4) is 0 Å². The van der Waals surface area contributed by atoms with E-state index >= 15 is 0 Å². The molecule has 0 aromatic rings. The summed E-state index contributed by atoms with van der Waals surface area (Å²) in [5, 5.41) is 0. The minimum absolute atomic E-state index is 0.453. The number of rotatable bonds is 3. The molecule has 0 aromatic carbocycles. The SMILES string of the molecule is CC1CCC(N)C(CN(C)C2CCCCCC2)C1. The Morgan fingerprint density at radius 2 is 1.67 bits per heavy atom. The zero-order chi connectivity index (χ0) is 13.0. The molecule has 0 radical (unpaired) electrons. The lowest BCUT2D eigenvalue weighted by Gasteiger charge is -2.37. The van der Waals surface area contributed by atoms with Crippen LogP contribution < -0.4 is 5.73 Å². The van der Waals surface area contributed by atoms with Crippen LogP contribution >= 0.6 is 0 Å². The molecule has 2 aliphatic rings. The molecule has 18 heavy (non-hydrogen) atoms. The monoisotopic (exact) mass is 252 g/mol. The predicted octanol–water partition coefficient (Wildman–Crippen LogP) is 3.40. The smallest absolute Gasteiger partial charge is 0.00923 e. The van der Waals surface area contributed by atoms with E-state index in [-0.39, 0.29) is 0 Å². The van der Waals surface area contributed by atoms with E-state index in [1.807, 2.05) is 0 Å². The van der Waals surface area contributed by atoms with Gasteiger partial charge < -0.3 is 10.6 Å². The van der Waals surface area contributed by atoms with Gasteiger partial charge in [0.15, 0.2) is 0 Å². The summed E-state index contributed by atoms with van der Waals surface area (Å²) in [5.74, 6) is 1.62. The first kappa shape index (κ1) is 14.3. The first-order valence-corrected chi connectivity index (χ1v) is 8.12. The van der Waals surface area contributed by atoms with E-state index in [1.54, 1.807) is 0 Å². The zero-order valence-corrected chi connectivity index (χ0v) is 12.4. The Bertz CT molecular complexity index is 233. The van der Waals surface area contributed by atoms with Gasteiger partial charge in [0.1, 0.15) is 0 Å². The van der Waals surface area contributed by atoms with Crippen LogP contribution in [0.3, 0.4) is 0 Å². The highest BCUT2D eigenvalue weighted by molar-refractivity contribution is 4.84. The molecule has 3 unspecified atom stereocenters. The fraction of sp³-hybridized carbons (Fsp3) is 1.00. The maximum Gasteiger partial charge on any atom is 0.00923 e. The van der Waals surface area contributed by atoms with Crippen molar-refractivity contribution in [3.05, 3.63) is 0 Å². The number of nitrogens with two attached hydrogens (primary N) is 1. The highest BCUT2D eigenvalue weighted by Crippen LogP contribution is 2.30. The lowest BCUT2D eigenvalue weighted by atomic mass is 9.79. The molecular formula is C16H32N2. The van der Waals surface area contributed by atoms with Gasteiger partial charge >= 0.3 is 0 Å². The third-order valence-electron chi connectivity index (χ3n) is 5.27. The Kier molecular flexibility index (Phi) is 5.50. The van der Waals surface area contributed by atoms with Crippen LogP contribution in [-0.4, -0.2) is 30.6 Å². The average molecular weight is 252 g/mol. The number of hydrogen-bond donors (Lipinski definition) is 1. The molecule has 0 saturated heterocycles. The second kappa shape index (κ2) is 6.91. The van der Waals surface area contributed by atoms with Crippen LogP contribution in [0.2, 0.25) is 0 Å². The first-order valence-electron chi connectivity index (χ1n) is 8.12. The van der Waals surface area contributed by atoms with Crippen LogP contribution in [0.1, 0.15) is 64.7 Å². The summed E-state index contributed by atoms with van der Waals surface area (Å²) >= 11 is 0. The quantitative estimate of drug-likeness (QED) is 0.780. The standard InChI is InChI=1S/C16H32N2/c1-13-9-10-16(17)14(11-13)12-18(2)15-7-5-3-4-6-8-15/h13-16H,3-12,17H2,1-2H3. The molecule has 2 heteroatoms. The van der Waals surface area contributed by atoms with Crippen molar-refractivity contribution < 1.29 is 0 Å². The van der Waals surface area contributed by atoms with E-state index in [4.69, 9.17) is 5.73 Å². The first-order chi connectivity index (χ1) is 8.66. The Morgan fingerprint density at radius 1 is 1.00 bits per heavy atom. The van der Waals surface area contributed by atoms with E-state index in [2.05, 4.69) is 18.9 Å². The van der Waals surface area contributed by atoms with E-state index in [0.29, 0.717) is 6.04 Å². The van der Waals surface area contributed by atoms with Gasteiger partial charge in [-0.25, -0.2) is 0 Å². The highest BCUT2D eigenvalue weighted by Gasteiger charge is 2.28. The van der Waals surface area contributed by atoms with Gasteiger partial charge in [0.05, 0.1) is 0 Å². The van der Waals surface area contributed by atoms with Crippen molar-refractivity contribution >= 4 is 0 Å². The molecule has 2 N–H and O–H groups in total. The molecule has 0 heterocycles. The topological polar surface area (TPSA) is 29.3 Å². The predicted molar refractivity (Wildman–Crippen MR) is 78.6 cm³/mol. The number of hydrogen-bond acceptors (Lipinski definition) is 2. The minimum Gasteiger partial charge on any atom is -0.327 e. The molecule has 2 nitrogen and oxygen atoms in total. The van der Waals surface area contributed by atoms with Crippen LogP contribution in [0.25, 0.3) is 0 Å². The maximum absolute atomic E-state index is 6.32. The van der Waals surface area contributed by atoms with Crippen molar-refractivity contribution in [2.45, 2.75) is 76.8 Å². The average Bonchev–Trinajstić information content (AvgIpc) is 2.62. The molecule has 0 bridgehead atoms. The van der Waals surface area contributed by atoms with Gasteiger partial charge in [-0.05, 0) is 51.0 Å². The summed E-state index contributed by atoms with van der Waals surface area (Å²) in [6.45, 7) is 3.63. The van der Waals surface area contributed by atoms with Gasteiger partial charge in [0.2, 0.25) is 0 Å². The molecule has 0 spiro atoms. The molecular weight excluding hydrogens is 220 g/mol. The molecule has 3 atom stereocenters. The minimum atomic E-state index is 0.453. The van der Waals surface area contributed by atoms with Crippen LogP contribution in [0.15, 0.2) is 0 Å². The maximum atomic E-state index is 6.32. The summed E-state index contributed by atoms with van der Waals surface area (Å²) in [6.07, 6.45) is 12.5. The molecule has 2 saturated carbocycles. The lowest BCUT2D eigenvalue weighted by Crippen LogP contribution is -2.44. The van der Waals surface area contributed by atoms with Crippen molar-refractivity contribution in [2.24, 2.45) is 17.6 Å². The fourth-order valence-corrected chi connectivity index (χ4v) is 3.95. The highest BCUT2D eigenvalue weighted by atomic mass is 15.1. The van der Waals surface area contributed by atoms with Gasteiger partial charge in [-0.2, -0.15) is 0 Å². The van der Waals surface area contributed by atoms with Gasteiger partial charge in [0, 0.05) is 18.6 Å². The Balaban J connectivity index is 1.82. The van der Waals surface area contributed by atoms with Crippen LogP contribution in [0.4, 0.5) is 0 Å². The summed E-state index contributed by atoms with van der Waals surface area (Å²) in [4.78, 5) is 2.63. The van der Waals surface area contributed by atoms with E-state index in [0.717, 1.165) is 17.9 Å². The van der Waals surface area contributed by atoms with E-state index in [9.17, 15) is 0 Å². The number of nitrogens with zero attached hydrogens (tertiary/aromatic N) is 1. The van der Waals surface area contributed by atoms with Crippen molar-refractivity contribution in [1.29, 1.82) is 0 Å². The normalized spacial score (nSPS) is 35.7. The molecule has 0 amide bonds. The third-order valence-corrected chi connectivity index (χ3v) is 5.27. The Labute approximate surface area is 113 Å². The molecule has 2 aliphatic carbocycles. The Hall–Kier alpha value is -0.0800. The molecule has 0 aromatic heterocycles. The summed E-state index contributed by atoms with van der Waals surface area (Å²) in [6, 6.07) is 1.28. The fourth-order valence-electron chi connectivity index (χ4n) is 3.95. The van der Waals surface area contributed by atoms with Crippen molar-refractivity contribution in [3.63, 3.8) is 0 Å². The van der Waals surface area contributed by atoms with Crippen molar-refractivity contribution in [2.75, 3.05) is 13.6 Å². The molecule has 106 valence electrons. The van der Waals surface area contributed by atoms with E-state index < -0.39 is 0 Å². The third kappa shape index (κ3) is 3.96. The summed E-state index contributed by atoms with van der Waals surface area (Å²) in [5.41, 5.74) is 6.32. The molecule has 2 rings (SSSR count). The Morgan fingerprint density at radius 3 is 2.33 bits per heavy atom. The zero-order valence-electron chi connectivity index (χ0n) is 12.4. The van der Waals surface area contributed by atoms with Crippen LogP contribution in [-0.2, 0) is 0 Å². The lowest BCUT2D eigenvalue weighted by molar-refractivity contribution is 0.140. The van der Waals surface area contributed by atoms with Crippen molar-refractivity contribution in [1.82, 2.24) is 4.90 Å². The second-order valence-corrected chi connectivity index (χ2v) is 6.93. The summed E-state index contributed by atoms with van der Waals surface area (Å²) in [7, 11) is 2.34. The molecule has 0 aliphatic heterocycles. The van der Waals surface area contributed by atoms with Crippen LogP contribution in [0.5, 0.6) is 0 Å². The van der Waals surface area contributed by atoms with Gasteiger partial charge in [-0.3, -0.25) is 0 Å². The van der Waals surface area contributed by atoms with Gasteiger partial charge in [0.25, 0.3) is 0 Å². The largest absolute Gasteiger partial charge is 0.327 e. The van der Waals surface area contributed by atoms with Crippen LogP contribution in [0, 0.1) is 11.8 Å². The van der Waals surface area contributed by atoms with E-state index in [1.165, 1.54) is 64.3 Å². The summed E-state index contributed by atoms with van der Waals surface area (Å²) < 4.78 is 0. The van der Waals surface area contributed by atoms with Gasteiger partial charge in [-0.15, -0.1) is 0 Å². The second-order valence-electron chi connectivity index (χ2n) is 6.93. The molecule has 2 fully saturated rings. The van der Waals surface area contributed by atoms with Gasteiger partial charge in [-0.1, -0.05) is 32.6 Å².